The average molecular weight is 391 g/mol. The predicted molar refractivity (Wildman–Crippen MR) is 115 cm³/mol. The molecule has 0 bridgehead atoms. The maximum absolute atomic E-state index is 12.9. The van der Waals surface area contributed by atoms with E-state index in [4.69, 9.17) is 0 Å². The fourth-order valence-corrected chi connectivity index (χ4v) is 5.05. The van der Waals surface area contributed by atoms with Gasteiger partial charge in [-0.1, -0.05) is 67.4 Å². The molecule has 1 atom stereocenters. The van der Waals surface area contributed by atoms with Crippen molar-refractivity contribution in [3.8, 4) is 11.1 Å². The second-order valence-corrected chi connectivity index (χ2v) is 8.59. The first-order chi connectivity index (χ1) is 14.1. The van der Waals surface area contributed by atoms with Crippen LogP contribution in [-0.2, 0) is 16.0 Å². The van der Waals surface area contributed by atoms with Gasteiger partial charge < -0.3 is 10.2 Å². The summed E-state index contributed by atoms with van der Waals surface area (Å²) in [7, 11) is 1.70. The second kappa shape index (κ2) is 8.40. The third-order valence-corrected chi connectivity index (χ3v) is 6.66. The molecule has 2 amide bonds. The predicted octanol–water partition coefficient (Wildman–Crippen LogP) is 4.05. The molecule has 2 fully saturated rings. The molecule has 1 saturated heterocycles. The third-order valence-electron chi connectivity index (χ3n) is 6.66. The normalized spacial score (nSPS) is 22.0. The number of carbonyl (C=O) groups excluding carboxylic acids is 2. The smallest absolute Gasteiger partial charge is 0.228 e. The van der Waals surface area contributed by atoms with E-state index in [1.807, 2.05) is 23.1 Å². The van der Waals surface area contributed by atoms with Gasteiger partial charge in [0.15, 0.2) is 0 Å². The number of nitrogens with one attached hydrogen (secondary N) is 1. The van der Waals surface area contributed by atoms with E-state index in [0.717, 1.165) is 43.2 Å². The Balaban J connectivity index is 1.55. The van der Waals surface area contributed by atoms with Crippen molar-refractivity contribution in [2.75, 3.05) is 20.1 Å². The number of rotatable bonds is 5. The van der Waals surface area contributed by atoms with Crippen molar-refractivity contribution in [3.63, 3.8) is 0 Å². The van der Waals surface area contributed by atoms with Crippen molar-refractivity contribution in [2.24, 2.45) is 11.3 Å². The van der Waals surface area contributed by atoms with E-state index >= 15 is 0 Å². The lowest BCUT2D eigenvalue weighted by Gasteiger charge is -2.28. The molecule has 0 aromatic heterocycles. The van der Waals surface area contributed by atoms with Crippen LogP contribution < -0.4 is 5.32 Å². The zero-order chi connectivity index (χ0) is 20.3. The highest BCUT2D eigenvalue weighted by Crippen LogP contribution is 2.37. The molecular formula is C25H30N2O2. The summed E-state index contributed by atoms with van der Waals surface area (Å²) in [6, 6.07) is 18.7. The molecule has 2 aromatic rings. The Morgan fingerprint density at radius 1 is 1.03 bits per heavy atom. The van der Waals surface area contributed by atoms with Gasteiger partial charge >= 0.3 is 0 Å². The molecule has 4 nitrogen and oxygen atoms in total. The first-order valence-electron chi connectivity index (χ1n) is 10.8. The first kappa shape index (κ1) is 19.7. The molecule has 4 heteroatoms. The Kier molecular flexibility index (Phi) is 5.70. The molecule has 1 heterocycles. The second-order valence-electron chi connectivity index (χ2n) is 8.59. The molecule has 29 heavy (non-hydrogen) atoms. The van der Waals surface area contributed by atoms with Gasteiger partial charge in [-0.3, -0.25) is 9.59 Å². The fourth-order valence-electron chi connectivity index (χ4n) is 5.05. The Morgan fingerprint density at radius 2 is 1.76 bits per heavy atom. The SMILES string of the molecule is CNC(=O)[C@@]1(Cc2cccc(-c3ccccc3)c2)CCN(C(=O)C2CCCC2)C1. The number of carbonyl (C=O) groups is 2. The number of likely N-dealkylation sites (tertiary alicyclic amines) is 1. The van der Waals surface area contributed by atoms with Crippen LogP contribution in [0.25, 0.3) is 11.1 Å². The summed E-state index contributed by atoms with van der Waals surface area (Å²) in [5.74, 6) is 0.465. The lowest BCUT2D eigenvalue weighted by atomic mass is 9.79. The van der Waals surface area contributed by atoms with Crippen molar-refractivity contribution in [1.82, 2.24) is 10.2 Å². The van der Waals surface area contributed by atoms with Crippen molar-refractivity contribution in [3.05, 3.63) is 60.2 Å². The van der Waals surface area contributed by atoms with E-state index in [1.165, 1.54) is 5.56 Å². The van der Waals surface area contributed by atoms with E-state index in [0.29, 0.717) is 19.5 Å². The van der Waals surface area contributed by atoms with Gasteiger partial charge in [-0.25, -0.2) is 0 Å². The molecule has 2 aromatic carbocycles. The number of hydrogen-bond acceptors (Lipinski definition) is 2. The van der Waals surface area contributed by atoms with Gasteiger partial charge in [0.25, 0.3) is 0 Å². The Labute approximate surface area is 173 Å². The summed E-state index contributed by atoms with van der Waals surface area (Å²) in [4.78, 5) is 27.8. The number of amides is 2. The van der Waals surface area contributed by atoms with Crippen LogP contribution in [0.5, 0.6) is 0 Å². The van der Waals surface area contributed by atoms with Crippen LogP contribution in [0.2, 0.25) is 0 Å². The molecule has 1 N–H and O–H groups in total. The highest BCUT2D eigenvalue weighted by molar-refractivity contribution is 5.86. The number of nitrogens with zero attached hydrogens (tertiary/aromatic N) is 1. The topological polar surface area (TPSA) is 49.4 Å². The minimum absolute atomic E-state index is 0.0457. The zero-order valence-corrected chi connectivity index (χ0v) is 17.2. The standard InChI is InChI=1S/C25H30N2O2/c1-26-24(29)25(14-15-27(18-25)23(28)21-11-5-6-12-21)17-19-8-7-13-22(16-19)20-9-3-2-4-10-20/h2-4,7-10,13,16,21H,5-6,11-12,14-15,17-18H2,1H3,(H,26,29)/t25-/m1/s1. The minimum atomic E-state index is -0.543. The van der Waals surface area contributed by atoms with Gasteiger partial charge in [0.1, 0.15) is 0 Å². The van der Waals surface area contributed by atoms with Crippen LogP contribution >= 0.6 is 0 Å². The van der Waals surface area contributed by atoms with E-state index < -0.39 is 5.41 Å². The highest BCUT2D eigenvalue weighted by Gasteiger charge is 2.46. The molecule has 1 saturated carbocycles. The van der Waals surface area contributed by atoms with Crippen LogP contribution in [0, 0.1) is 11.3 Å². The summed E-state index contributed by atoms with van der Waals surface area (Å²) in [6.45, 7) is 1.21. The van der Waals surface area contributed by atoms with Gasteiger partial charge in [-0.05, 0) is 42.4 Å². The largest absolute Gasteiger partial charge is 0.359 e. The quantitative estimate of drug-likeness (QED) is 0.837. The van der Waals surface area contributed by atoms with E-state index in [9.17, 15) is 9.59 Å². The van der Waals surface area contributed by atoms with Gasteiger partial charge in [-0.2, -0.15) is 0 Å². The van der Waals surface area contributed by atoms with Crippen LogP contribution in [0.1, 0.15) is 37.7 Å². The Hall–Kier alpha value is -2.62. The van der Waals surface area contributed by atoms with Crippen molar-refractivity contribution >= 4 is 11.8 Å². The summed E-state index contributed by atoms with van der Waals surface area (Å²) in [5, 5.41) is 2.87. The van der Waals surface area contributed by atoms with Gasteiger partial charge in [0, 0.05) is 26.1 Å². The Morgan fingerprint density at radius 3 is 2.48 bits per heavy atom. The molecular weight excluding hydrogens is 360 g/mol. The van der Waals surface area contributed by atoms with Crippen LogP contribution in [0.4, 0.5) is 0 Å². The molecule has 0 spiro atoms. The zero-order valence-electron chi connectivity index (χ0n) is 17.2. The fraction of sp³-hybridized carbons (Fsp3) is 0.440. The summed E-state index contributed by atoms with van der Waals surface area (Å²) in [5.41, 5.74) is 2.93. The van der Waals surface area contributed by atoms with E-state index in [-0.39, 0.29) is 17.7 Å². The van der Waals surface area contributed by atoms with Gasteiger partial charge in [-0.15, -0.1) is 0 Å². The first-order valence-corrected chi connectivity index (χ1v) is 10.8. The molecule has 0 unspecified atom stereocenters. The number of hydrogen-bond donors (Lipinski definition) is 1. The summed E-state index contributed by atoms with van der Waals surface area (Å²) in [6.07, 6.45) is 5.68. The monoisotopic (exact) mass is 390 g/mol. The van der Waals surface area contributed by atoms with Gasteiger partial charge in [0.2, 0.25) is 11.8 Å². The molecule has 2 aliphatic rings. The van der Waals surface area contributed by atoms with Crippen LogP contribution in [-0.4, -0.2) is 36.9 Å². The van der Waals surface area contributed by atoms with Gasteiger partial charge in [0.05, 0.1) is 5.41 Å². The van der Waals surface area contributed by atoms with Crippen molar-refractivity contribution in [2.45, 2.75) is 38.5 Å². The lowest BCUT2D eigenvalue weighted by molar-refractivity contribution is -0.136. The van der Waals surface area contributed by atoms with Crippen molar-refractivity contribution in [1.29, 1.82) is 0 Å². The van der Waals surface area contributed by atoms with Crippen molar-refractivity contribution < 1.29 is 9.59 Å². The molecule has 0 radical (unpaired) electrons. The average Bonchev–Trinajstić information content (AvgIpc) is 3.45. The van der Waals surface area contributed by atoms with E-state index in [2.05, 4.69) is 41.7 Å². The third kappa shape index (κ3) is 4.07. The maximum Gasteiger partial charge on any atom is 0.228 e. The van der Waals surface area contributed by atoms with Crippen LogP contribution in [0.3, 0.4) is 0 Å². The summed E-state index contributed by atoms with van der Waals surface area (Å²) >= 11 is 0. The van der Waals surface area contributed by atoms with E-state index in [1.54, 1.807) is 7.05 Å². The number of benzene rings is 2. The highest BCUT2D eigenvalue weighted by atomic mass is 16.2. The Bertz CT molecular complexity index is 873. The van der Waals surface area contributed by atoms with Crippen LogP contribution in [0.15, 0.2) is 54.6 Å². The lowest BCUT2D eigenvalue weighted by Crippen LogP contribution is -2.44. The minimum Gasteiger partial charge on any atom is -0.359 e. The molecule has 1 aliphatic carbocycles. The molecule has 1 aliphatic heterocycles. The summed E-state index contributed by atoms with van der Waals surface area (Å²) < 4.78 is 0. The maximum atomic E-state index is 12.9. The molecule has 4 rings (SSSR count). The molecule has 152 valence electrons.